The minimum Gasteiger partial charge on any atom is -0.324 e. The summed E-state index contributed by atoms with van der Waals surface area (Å²) in [4.78, 5) is 0. The molecule has 0 saturated heterocycles. The topological polar surface area (TPSA) is 26.0 Å². The van der Waals surface area contributed by atoms with Crippen LogP contribution in [-0.2, 0) is 0 Å². The van der Waals surface area contributed by atoms with Crippen molar-refractivity contribution in [2.45, 2.75) is 89.5 Å². The Morgan fingerprint density at radius 3 is 2.55 bits per heavy atom. The van der Waals surface area contributed by atoms with Crippen LogP contribution in [0.3, 0.4) is 0 Å². The molecule has 3 rings (SSSR count). The number of rotatable bonds is 2. The van der Waals surface area contributed by atoms with Crippen LogP contribution < -0.4 is 5.73 Å². The second-order valence-corrected chi connectivity index (χ2v) is 7.64. The summed E-state index contributed by atoms with van der Waals surface area (Å²) >= 11 is 0. The van der Waals surface area contributed by atoms with Crippen LogP contribution in [0.15, 0.2) is 11.6 Å². The average molecular weight is 275 g/mol. The maximum absolute atomic E-state index is 6.70. The van der Waals surface area contributed by atoms with Crippen molar-refractivity contribution in [2.24, 2.45) is 23.5 Å². The van der Waals surface area contributed by atoms with Gasteiger partial charge in [-0.05, 0) is 62.7 Å². The van der Waals surface area contributed by atoms with E-state index < -0.39 is 0 Å². The number of fused-ring (bicyclic) bond motifs is 1. The Balaban J connectivity index is 1.60. The van der Waals surface area contributed by atoms with E-state index in [1.165, 1.54) is 83.5 Å². The predicted octanol–water partition coefficient (Wildman–Crippen LogP) is 5.20. The fourth-order valence-corrected chi connectivity index (χ4v) is 5.06. The first-order valence-corrected chi connectivity index (χ1v) is 9.29. The van der Waals surface area contributed by atoms with Crippen molar-refractivity contribution in [3.05, 3.63) is 11.6 Å². The summed E-state index contributed by atoms with van der Waals surface area (Å²) < 4.78 is 0. The summed E-state index contributed by atoms with van der Waals surface area (Å²) in [5.41, 5.74) is 8.31. The molecule has 2 fully saturated rings. The molecular weight excluding hydrogens is 242 g/mol. The molecule has 0 aromatic rings. The van der Waals surface area contributed by atoms with E-state index in [1.807, 2.05) is 0 Å². The molecule has 0 spiro atoms. The minimum absolute atomic E-state index is 0.385. The fraction of sp³-hybridized carbons (Fsp3) is 0.895. The minimum atomic E-state index is 0.385. The molecule has 114 valence electrons. The Bertz CT molecular complexity index is 333. The first-order chi connectivity index (χ1) is 9.84. The normalized spacial score (nSPS) is 37.2. The first kappa shape index (κ1) is 14.6. The third-order valence-corrected chi connectivity index (χ3v) is 6.34. The maximum Gasteiger partial charge on any atom is 0.0282 e. The van der Waals surface area contributed by atoms with Gasteiger partial charge in [-0.25, -0.2) is 0 Å². The molecule has 3 aliphatic rings. The highest BCUT2D eigenvalue weighted by atomic mass is 14.7. The van der Waals surface area contributed by atoms with Gasteiger partial charge >= 0.3 is 0 Å². The summed E-state index contributed by atoms with van der Waals surface area (Å²) in [5.74, 6) is 2.86. The summed E-state index contributed by atoms with van der Waals surface area (Å²) in [6, 6.07) is 0.385. The molecule has 1 nitrogen and oxygen atoms in total. The molecule has 0 radical (unpaired) electrons. The van der Waals surface area contributed by atoms with Crippen LogP contribution in [0.2, 0.25) is 0 Å². The van der Waals surface area contributed by atoms with Crippen molar-refractivity contribution in [3.8, 4) is 0 Å². The van der Waals surface area contributed by atoms with E-state index in [1.54, 1.807) is 5.57 Å². The number of hydrogen-bond acceptors (Lipinski definition) is 1. The summed E-state index contributed by atoms with van der Waals surface area (Å²) in [6.45, 7) is 0. The zero-order valence-corrected chi connectivity index (χ0v) is 13.2. The highest BCUT2D eigenvalue weighted by Gasteiger charge is 2.35. The van der Waals surface area contributed by atoms with Gasteiger partial charge in [0.1, 0.15) is 0 Å². The number of nitrogens with two attached hydrogens (primary N) is 1. The lowest BCUT2D eigenvalue weighted by atomic mass is 9.65. The predicted molar refractivity (Wildman–Crippen MR) is 86.5 cm³/mol. The second kappa shape index (κ2) is 7.11. The van der Waals surface area contributed by atoms with E-state index >= 15 is 0 Å². The Kier molecular flexibility index (Phi) is 5.20. The number of hydrogen-bond donors (Lipinski definition) is 1. The highest BCUT2D eigenvalue weighted by molar-refractivity contribution is 5.13. The summed E-state index contributed by atoms with van der Waals surface area (Å²) in [7, 11) is 0. The molecule has 0 amide bonds. The van der Waals surface area contributed by atoms with Crippen molar-refractivity contribution in [1.29, 1.82) is 0 Å². The van der Waals surface area contributed by atoms with Gasteiger partial charge < -0.3 is 5.73 Å². The zero-order valence-electron chi connectivity index (χ0n) is 13.2. The first-order valence-electron chi connectivity index (χ1n) is 9.29. The van der Waals surface area contributed by atoms with Crippen molar-refractivity contribution >= 4 is 0 Å². The van der Waals surface area contributed by atoms with Crippen LogP contribution in [0.25, 0.3) is 0 Å². The molecule has 2 N–H and O–H groups in total. The Morgan fingerprint density at radius 2 is 1.65 bits per heavy atom. The van der Waals surface area contributed by atoms with Crippen molar-refractivity contribution in [3.63, 3.8) is 0 Å². The van der Waals surface area contributed by atoms with Crippen molar-refractivity contribution < 1.29 is 0 Å². The van der Waals surface area contributed by atoms with Gasteiger partial charge in [0, 0.05) is 6.04 Å². The highest BCUT2D eigenvalue weighted by Crippen LogP contribution is 2.44. The van der Waals surface area contributed by atoms with Crippen molar-refractivity contribution in [2.75, 3.05) is 0 Å². The van der Waals surface area contributed by atoms with Crippen LogP contribution in [0.4, 0.5) is 0 Å². The van der Waals surface area contributed by atoms with Crippen LogP contribution in [0, 0.1) is 17.8 Å². The van der Waals surface area contributed by atoms with Gasteiger partial charge in [-0.15, -0.1) is 0 Å². The van der Waals surface area contributed by atoms with Crippen LogP contribution in [0.1, 0.15) is 83.5 Å². The monoisotopic (exact) mass is 275 g/mol. The van der Waals surface area contributed by atoms with E-state index in [0.29, 0.717) is 6.04 Å². The molecule has 1 heteroatoms. The molecule has 3 aliphatic carbocycles. The molecule has 4 atom stereocenters. The molecular formula is C19H33N. The van der Waals surface area contributed by atoms with Crippen LogP contribution in [0.5, 0.6) is 0 Å². The molecule has 0 aromatic heterocycles. The van der Waals surface area contributed by atoms with Gasteiger partial charge in [0.15, 0.2) is 0 Å². The fourth-order valence-electron chi connectivity index (χ4n) is 5.06. The summed E-state index contributed by atoms with van der Waals surface area (Å²) in [6.07, 6.45) is 20.9. The standard InChI is InChI=1S/C19H33N/c20-19(16-9-4-2-1-3-5-10-16)18-13-12-15-8-6-7-11-17(15)14-18/h9,15,17-19H,1-8,10-14,20H2. The Labute approximate surface area is 125 Å². The lowest BCUT2D eigenvalue weighted by Gasteiger charge is -2.41. The van der Waals surface area contributed by atoms with Gasteiger partial charge in [0.25, 0.3) is 0 Å². The molecule has 4 unspecified atom stereocenters. The van der Waals surface area contributed by atoms with E-state index in [-0.39, 0.29) is 0 Å². The van der Waals surface area contributed by atoms with Crippen LogP contribution in [-0.4, -0.2) is 6.04 Å². The second-order valence-electron chi connectivity index (χ2n) is 7.64. The van der Waals surface area contributed by atoms with E-state index in [9.17, 15) is 0 Å². The molecule has 2 saturated carbocycles. The molecule has 0 aliphatic heterocycles. The van der Waals surface area contributed by atoms with E-state index in [4.69, 9.17) is 5.73 Å². The summed E-state index contributed by atoms with van der Waals surface area (Å²) in [5, 5.41) is 0. The van der Waals surface area contributed by atoms with E-state index in [2.05, 4.69) is 6.08 Å². The van der Waals surface area contributed by atoms with Gasteiger partial charge in [0.2, 0.25) is 0 Å². The average Bonchev–Trinajstić information content (AvgIpc) is 2.46. The third-order valence-electron chi connectivity index (χ3n) is 6.34. The van der Waals surface area contributed by atoms with Gasteiger partial charge in [-0.3, -0.25) is 0 Å². The lowest BCUT2D eigenvalue weighted by Crippen LogP contribution is -2.38. The molecule has 0 bridgehead atoms. The van der Waals surface area contributed by atoms with E-state index in [0.717, 1.165) is 17.8 Å². The largest absolute Gasteiger partial charge is 0.324 e. The van der Waals surface area contributed by atoms with Gasteiger partial charge in [-0.2, -0.15) is 0 Å². The smallest absolute Gasteiger partial charge is 0.0282 e. The lowest BCUT2D eigenvalue weighted by molar-refractivity contribution is 0.122. The van der Waals surface area contributed by atoms with Gasteiger partial charge in [-0.1, -0.05) is 50.2 Å². The van der Waals surface area contributed by atoms with Crippen LogP contribution >= 0.6 is 0 Å². The molecule has 0 aromatic carbocycles. The molecule has 0 heterocycles. The third kappa shape index (κ3) is 3.47. The SMILES string of the molecule is NC(C1=CCCCCCC1)C1CCC2CCCCC2C1. The van der Waals surface area contributed by atoms with Crippen molar-refractivity contribution in [1.82, 2.24) is 0 Å². The Morgan fingerprint density at radius 1 is 0.850 bits per heavy atom. The Hall–Kier alpha value is -0.300. The quantitative estimate of drug-likeness (QED) is 0.689. The van der Waals surface area contributed by atoms with Gasteiger partial charge in [0.05, 0.1) is 0 Å². The molecule has 20 heavy (non-hydrogen) atoms. The maximum atomic E-state index is 6.70. The zero-order chi connectivity index (χ0) is 13.8. The number of allylic oxidation sites excluding steroid dienone is 1.